The highest BCUT2D eigenvalue weighted by molar-refractivity contribution is 5.78. The molecule has 4 heteroatoms. The van der Waals surface area contributed by atoms with Crippen molar-refractivity contribution in [2.75, 3.05) is 26.7 Å². The van der Waals surface area contributed by atoms with Gasteiger partial charge >= 0.3 is 0 Å². The molecule has 0 bridgehead atoms. The molecule has 1 aliphatic rings. The summed E-state index contributed by atoms with van der Waals surface area (Å²) in [5.41, 5.74) is 2.08. The SMILES string of the molecule is CCN(CC(=O)N(C)C1CC1)CC(O)c1ccc(C)cc1. The molecule has 2 rings (SSSR count). The highest BCUT2D eigenvalue weighted by atomic mass is 16.3. The van der Waals surface area contributed by atoms with E-state index in [0.29, 0.717) is 19.1 Å². The second-order valence-corrected chi connectivity index (χ2v) is 5.99. The van der Waals surface area contributed by atoms with Crippen LogP contribution in [0, 0.1) is 6.92 Å². The highest BCUT2D eigenvalue weighted by Gasteiger charge is 2.30. The van der Waals surface area contributed by atoms with Crippen molar-refractivity contribution in [2.24, 2.45) is 0 Å². The zero-order valence-corrected chi connectivity index (χ0v) is 13.2. The number of aryl methyl sites for hydroxylation is 1. The van der Waals surface area contributed by atoms with Crippen molar-refractivity contribution >= 4 is 5.91 Å². The van der Waals surface area contributed by atoms with Crippen LogP contribution >= 0.6 is 0 Å². The average Bonchev–Trinajstić information content (AvgIpc) is 3.30. The Kier molecular flexibility index (Phi) is 5.37. The average molecular weight is 290 g/mol. The number of benzene rings is 1. The summed E-state index contributed by atoms with van der Waals surface area (Å²) in [6, 6.07) is 8.35. The molecule has 1 N–H and O–H groups in total. The third-order valence-electron chi connectivity index (χ3n) is 4.19. The lowest BCUT2D eigenvalue weighted by molar-refractivity contribution is -0.131. The number of carbonyl (C=O) groups is 1. The van der Waals surface area contributed by atoms with E-state index in [1.54, 1.807) is 0 Å². The Hall–Kier alpha value is -1.39. The van der Waals surface area contributed by atoms with Crippen LogP contribution < -0.4 is 0 Å². The van der Waals surface area contributed by atoms with Gasteiger partial charge in [0.05, 0.1) is 12.6 Å². The van der Waals surface area contributed by atoms with Gasteiger partial charge in [0.2, 0.25) is 5.91 Å². The van der Waals surface area contributed by atoms with Crippen LogP contribution in [-0.4, -0.2) is 53.5 Å². The topological polar surface area (TPSA) is 43.8 Å². The first kappa shape index (κ1) is 16.0. The summed E-state index contributed by atoms with van der Waals surface area (Å²) in [4.78, 5) is 16.0. The van der Waals surface area contributed by atoms with Crippen LogP contribution in [0.2, 0.25) is 0 Å². The first-order valence-corrected chi connectivity index (χ1v) is 7.74. The zero-order chi connectivity index (χ0) is 15.4. The molecule has 0 aliphatic heterocycles. The summed E-state index contributed by atoms with van der Waals surface area (Å²) < 4.78 is 0. The Labute approximate surface area is 127 Å². The van der Waals surface area contributed by atoms with Gasteiger partial charge in [-0.2, -0.15) is 0 Å². The lowest BCUT2D eigenvalue weighted by Crippen LogP contribution is -2.40. The molecule has 1 aromatic carbocycles. The van der Waals surface area contributed by atoms with Crippen LogP contribution in [0.15, 0.2) is 24.3 Å². The van der Waals surface area contributed by atoms with Gasteiger partial charge in [-0.25, -0.2) is 0 Å². The number of aliphatic hydroxyl groups is 1. The minimum atomic E-state index is -0.551. The summed E-state index contributed by atoms with van der Waals surface area (Å²) in [5.74, 6) is 0.149. The molecule has 0 aromatic heterocycles. The van der Waals surface area contributed by atoms with Gasteiger partial charge in [-0.05, 0) is 31.9 Å². The van der Waals surface area contributed by atoms with Crippen LogP contribution in [0.4, 0.5) is 0 Å². The monoisotopic (exact) mass is 290 g/mol. The van der Waals surface area contributed by atoms with Gasteiger partial charge in [0, 0.05) is 19.6 Å². The van der Waals surface area contributed by atoms with E-state index < -0.39 is 6.10 Å². The number of aliphatic hydroxyl groups excluding tert-OH is 1. The molecule has 1 aliphatic carbocycles. The summed E-state index contributed by atoms with van der Waals surface area (Å²) in [5, 5.41) is 10.3. The molecular formula is C17H26N2O2. The molecule has 1 unspecified atom stereocenters. The fourth-order valence-electron chi connectivity index (χ4n) is 2.41. The van der Waals surface area contributed by atoms with Crippen LogP contribution in [-0.2, 0) is 4.79 Å². The number of nitrogens with zero attached hydrogens (tertiary/aromatic N) is 2. The molecule has 1 saturated carbocycles. The molecule has 1 atom stereocenters. The van der Waals surface area contributed by atoms with Crippen molar-refractivity contribution in [1.29, 1.82) is 0 Å². The third kappa shape index (κ3) is 4.55. The number of rotatable bonds is 7. The number of carbonyl (C=O) groups excluding carboxylic acids is 1. The summed E-state index contributed by atoms with van der Waals surface area (Å²) in [6.45, 7) is 5.68. The van der Waals surface area contributed by atoms with Gasteiger partial charge in [0.15, 0.2) is 0 Å². The summed E-state index contributed by atoms with van der Waals surface area (Å²) >= 11 is 0. The van der Waals surface area contributed by atoms with Crippen molar-refractivity contribution in [3.8, 4) is 0 Å². The number of likely N-dealkylation sites (N-methyl/N-ethyl adjacent to an activating group) is 2. The third-order valence-corrected chi connectivity index (χ3v) is 4.19. The largest absolute Gasteiger partial charge is 0.387 e. The predicted molar refractivity (Wildman–Crippen MR) is 84.0 cm³/mol. The molecule has 0 radical (unpaired) electrons. The van der Waals surface area contributed by atoms with Crippen molar-refractivity contribution < 1.29 is 9.90 Å². The molecule has 21 heavy (non-hydrogen) atoms. The Bertz CT molecular complexity index is 468. The van der Waals surface area contributed by atoms with E-state index in [9.17, 15) is 9.90 Å². The van der Waals surface area contributed by atoms with Gasteiger partial charge in [0.1, 0.15) is 0 Å². The van der Waals surface area contributed by atoms with Crippen LogP contribution in [0.25, 0.3) is 0 Å². The molecule has 1 amide bonds. The van der Waals surface area contributed by atoms with Crippen LogP contribution in [0.1, 0.15) is 37.0 Å². The maximum atomic E-state index is 12.2. The molecule has 4 nitrogen and oxygen atoms in total. The van der Waals surface area contributed by atoms with Crippen molar-refractivity contribution in [2.45, 2.75) is 38.8 Å². The Balaban J connectivity index is 1.88. The fourth-order valence-corrected chi connectivity index (χ4v) is 2.41. The van der Waals surface area contributed by atoms with Gasteiger partial charge in [0.25, 0.3) is 0 Å². The lowest BCUT2D eigenvalue weighted by Gasteiger charge is -2.26. The second kappa shape index (κ2) is 7.05. The van der Waals surface area contributed by atoms with Gasteiger partial charge in [-0.15, -0.1) is 0 Å². The Morgan fingerprint density at radius 2 is 1.95 bits per heavy atom. The minimum absolute atomic E-state index is 0.149. The normalized spacial score (nSPS) is 16.0. The Morgan fingerprint density at radius 1 is 1.33 bits per heavy atom. The number of amides is 1. The minimum Gasteiger partial charge on any atom is -0.387 e. The van der Waals surface area contributed by atoms with Crippen LogP contribution in [0.3, 0.4) is 0 Å². The van der Waals surface area contributed by atoms with E-state index in [1.807, 2.05) is 55.0 Å². The molecule has 1 aromatic rings. The van der Waals surface area contributed by atoms with Crippen LogP contribution in [0.5, 0.6) is 0 Å². The highest BCUT2D eigenvalue weighted by Crippen LogP contribution is 2.25. The summed E-state index contributed by atoms with van der Waals surface area (Å²) in [7, 11) is 1.88. The standard InChI is InChI=1S/C17H26N2O2/c1-4-19(12-17(21)18(3)15-9-10-15)11-16(20)14-7-5-13(2)6-8-14/h5-8,15-16,20H,4,9-12H2,1-3H3. The van der Waals surface area contributed by atoms with Gasteiger partial charge < -0.3 is 10.0 Å². The first-order valence-electron chi connectivity index (χ1n) is 7.74. The van der Waals surface area contributed by atoms with Crippen molar-refractivity contribution in [3.63, 3.8) is 0 Å². The summed E-state index contributed by atoms with van der Waals surface area (Å²) in [6.07, 6.45) is 1.70. The smallest absolute Gasteiger partial charge is 0.236 e. The molecule has 0 spiro atoms. The fraction of sp³-hybridized carbons (Fsp3) is 0.588. The van der Waals surface area contributed by atoms with Crippen molar-refractivity contribution in [3.05, 3.63) is 35.4 Å². The molecule has 0 saturated heterocycles. The van der Waals surface area contributed by atoms with Gasteiger partial charge in [-0.3, -0.25) is 9.69 Å². The molecule has 1 fully saturated rings. The maximum Gasteiger partial charge on any atom is 0.236 e. The Morgan fingerprint density at radius 3 is 2.48 bits per heavy atom. The zero-order valence-electron chi connectivity index (χ0n) is 13.2. The van der Waals surface area contributed by atoms with E-state index in [4.69, 9.17) is 0 Å². The second-order valence-electron chi connectivity index (χ2n) is 5.99. The lowest BCUT2D eigenvalue weighted by atomic mass is 10.1. The molecule has 0 heterocycles. The van der Waals surface area contributed by atoms with E-state index in [2.05, 4.69) is 0 Å². The quantitative estimate of drug-likeness (QED) is 0.835. The van der Waals surface area contributed by atoms with Crippen molar-refractivity contribution in [1.82, 2.24) is 9.80 Å². The van der Waals surface area contributed by atoms with E-state index >= 15 is 0 Å². The number of hydrogen-bond acceptors (Lipinski definition) is 3. The molecule has 116 valence electrons. The van der Waals surface area contributed by atoms with E-state index in [0.717, 1.165) is 24.9 Å². The van der Waals surface area contributed by atoms with E-state index in [1.165, 1.54) is 5.56 Å². The van der Waals surface area contributed by atoms with E-state index in [-0.39, 0.29) is 5.91 Å². The first-order chi connectivity index (χ1) is 10.0. The predicted octanol–water partition coefficient (Wildman–Crippen LogP) is 1.97. The maximum absolute atomic E-state index is 12.2. The molecular weight excluding hydrogens is 264 g/mol. The number of hydrogen-bond donors (Lipinski definition) is 1. The van der Waals surface area contributed by atoms with Gasteiger partial charge in [-0.1, -0.05) is 36.8 Å².